The van der Waals surface area contributed by atoms with E-state index in [1.165, 1.54) is 0 Å². The van der Waals surface area contributed by atoms with Crippen LogP contribution in [0, 0.1) is 0 Å². The third kappa shape index (κ3) is 3.25. The molecular formula is C16H16N4O. The Morgan fingerprint density at radius 2 is 2.10 bits per heavy atom. The summed E-state index contributed by atoms with van der Waals surface area (Å²) in [4.78, 5) is 20.4. The van der Waals surface area contributed by atoms with Gasteiger partial charge in [-0.25, -0.2) is 9.97 Å². The Hall–Kier alpha value is -2.69. The molecule has 0 fully saturated rings. The molecule has 2 heterocycles. The maximum atomic E-state index is 12.1. The molecule has 5 nitrogen and oxygen atoms in total. The second-order valence-electron chi connectivity index (χ2n) is 4.80. The van der Waals surface area contributed by atoms with Gasteiger partial charge in [-0.2, -0.15) is 0 Å². The van der Waals surface area contributed by atoms with E-state index in [-0.39, 0.29) is 5.91 Å². The quantitative estimate of drug-likeness (QED) is 0.729. The Balaban J connectivity index is 1.56. The van der Waals surface area contributed by atoms with Crippen LogP contribution in [0.5, 0.6) is 0 Å². The lowest BCUT2D eigenvalue weighted by molar-refractivity contribution is 0.0948. The Kier molecular flexibility index (Phi) is 3.91. The average molecular weight is 280 g/mol. The average Bonchev–Trinajstić information content (AvgIpc) is 3.04. The van der Waals surface area contributed by atoms with E-state index in [0.29, 0.717) is 12.2 Å². The molecule has 3 aromatic rings. The van der Waals surface area contributed by atoms with Crippen molar-refractivity contribution in [2.75, 3.05) is 6.54 Å². The molecule has 3 rings (SSSR count). The van der Waals surface area contributed by atoms with Crippen LogP contribution in [0.4, 0.5) is 0 Å². The Labute approximate surface area is 122 Å². The minimum atomic E-state index is -0.133. The molecule has 0 spiro atoms. The van der Waals surface area contributed by atoms with E-state index in [9.17, 15) is 4.79 Å². The fourth-order valence-corrected chi connectivity index (χ4v) is 2.17. The lowest BCUT2D eigenvalue weighted by atomic mass is 10.2. The van der Waals surface area contributed by atoms with E-state index < -0.39 is 0 Å². The van der Waals surface area contributed by atoms with E-state index in [4.69, 9.17) is 0 Å². The number of para-hydroxylation sites is 1. The molecule has 0 unspecified atom stereocenters. The van der Waals surface area contributed by atoms with E-state index >= 15 is 0 Å². The first-order valence-corrected chi connectivity index (χ1v) is 6.93. The number of amides is 1. The number of carbonyl (C=O) groups is 1. The van der Waals surface area contributed by atoms with Crippen LogP contribution in [0.25, 0.3) is 10.9 Å². The van der Waals surface area contributed by atoms with Crippen molar-refractivity contribution in [3.8, 4) is 0 Å². The number of aromatic nitrogens is 3. The lowest BCUT2D eigenvalue weighted by Crippen LogP contribution is -2.26. The van der Waals surface area contributed by atoms with Crippen LogP contribution in [-0.2, 0) is 6.54 Å². The third-order valence-corrected chi connectivity index (χ3v) is 3.27. The van der Waals surface area contributed by atoms with Gasteiger partial charge in [-0.3, -0.25) is 4.79 Å². The van der Waals surface area contributed by atoms with Crippen LogP contribution in [0.15, 0.2) is 55.1 Å². The maximum Gasteiger partial charge on any atom is 0.269 e. The summed E-state index contributed by atoms with van der Waals surface area (Å²) in [5.74, 6) is -0.133. The summed E-state index contributed by atoms with van der Waals surface area (Å²) in [5, 5.41) is 3.93. The second kappa shape index (κ2) is 6.17. The van der Waals surface area contributed by atoms with Crippen molar-refractivity contribution < 1.29 is 4.79 Å². The number of fused-ring (bicyclic) bond motifs is 1. The summed E-state index contributed by atoms with van der Waals surface area (Å²) >= 11 is 0. The molecular weight excluding hydrogens is 264 g/mol. The van der Waals surface area contributed by atoms with Gasteiger partial charge in [0.1, 0.15) is 5.69 Å². The number of hydrogen-bond acceptors (Lipinski definition) is 3. The molecule has 0 aliphatic heterocycles. The highest BCUT2D eigenvalue weighted by atomic mass is 16.1. The first-order valence-electron chi connectivity index (χ1n) is 6.93. The number of carbonyl (C=O) groups excluding carboxylic acids is 1. The normalized spacial score (nSPS) is 10.7. The van der Waals surface area contributed by atoms with E-state index in [1.807, 2.05) is 41.1 Å². The highest BCUT2D eigenvalue weighted by molar-refractivity contribution is 5.94. The monoisotopic (exact) mass is 280 g/mol. The summed E-state index contributed by atoms with van der Waals surface area (Å²) in [6.45, 7) is 1.46. The number of nitrogens with zero attached hydrogens (tertiary/aromatic N) is 3. The first kappa shape index (κ1) is 13.3. The highest BCUT2D eigenvalue weighted by Crippen LogP contribution is 2.11. The van der Waals surface area contributed by atoms with Gasteiger partial charge in [0.05, 0.1) is 11.8 Å². The van der Waals surface area contributed by atoms with Crippen LogP contribution in [-0.4, -0.2) is 27.0 Å². The van der Waals surface area contributed by atoms with Gasteiger partial charge in [0, 0.05) is 30.9 Å². The van der Waals surface area contributed by atoms with Gasteiger partial charge in [0.2, 0.25) is 0 Å². The van der Waals surface area contributed by atoms with E-state index in [1.54, 1.807) is 18.6 Å². The van der Waals surface area contributed by atoms with Crippen LogP contribution in [0.3, 0.4) is 0 Å². The van der Waals surface area contributed by atoms with Crippen molar-refractivity contribution in [1.29, 1.82) is 0 Å². The Bertz CT molecular complexity index is 737. The fraction of sp³-hybridized carbons (Fsp3) is 0.188. The molecule has 1 aromatic carbocycles. The smallest absolute Gasteiger partial charge is 0.269 e. The number of hydrogen-bond donors (Lipinski definition) is 1. The molecule has 2 aromatic heterocycles. The Morgan fingerprint density at radius 1 is 1.19 bits per heavy atom. The van der Waals surface area contributed by atoms with Crippen molar-refractivity contribution in [3.63, 3.8) is 0 Å². The SMILES string of the molecule is O=C(NCCCn1ccnc1)c1ccc2ccccc2n1. The maximum absolute atomic E-state index is 12.1. The summed E-state index contributed by atoms with van der Waals surface area (Å²) < 4.78 is 1.99. The largest absolute Gasteiger partial charge is 0.351 e. The predicted octanol–water partition coefficient (Wildman–Crippen LogP) is 2.25. The van der Waals surface area contributed by atoms with Crippen molar-refractivity contribution >= 4 is 16.8 Å². The van der Waals surface area contributed by atoms with Crippen molar-refractivity contribution in [3.05, 3.63) is 60.8 Å². The zero-order chi connectivity index (χ0) is 14.5. The van der Waals surface area contributed by atoms with Crippen molar-refractivity contribution in [2.45, 2.75) is 13.0 Å². The van der Waals surface area contributed by atoms with Crippen molar-refractivity contribution in [1.82, 2.24) is 19.9 Å². The van der Waals surface area contributed by atoms with Gasteiger partial charge < -0.3 is 9.88 Å². The first-order chi connectivity index (χ1) is 10.3. The summed E-state index contributed by atoms with van der Waals surface area (Å²) in [7, 11) is 0. The molecule has 0 saturated carbocycles. The Morgan fingerprint density at radius 3 is 2.95 bits per heavy atom. The standard InChI is InChI=1S/C16H16N4O/c21-16(18-8-3-10-20-11-9-17-12-20)15-7-6-13-4-1-2-5-14(13)19-15/h1-2,4-7,9,11-12H,3,8,10H2,(H,18,21). The van der Waals surface area contributed by atoms with Crippen LogP contribution in [0.1, 0.15) is 16.9 Å². The van der Waals surface area contributed by atoms with Gasteiger partial charge >= 0.3 is 0 Å². The molecule has 1 N–H and O–H groups in total. The van der Waals surface area contributed by atoms with Gasteiger partial charge in [-0.1, -0.05) is 24.3 Å². The zero-order valence-corrected chi connectivity index (χ0v) is 11.6. The van der Waals surface area contributed by atoms with Gasteiger partial charge in [-0.05, 0) is 18.6 Å². The number of benzene rings is 1. The number of imidazole rings is 1. The zero-order valence-electron chi connectivity index (χ0n) is 11.6. The van der Waals surface area contributed by atoms with Crippen LogP contribution >= 0.6 is 0 Å². The van der Waals surface area contributed by atoms with Crippen LogP contribution < -0.4 is 5.32 Å². The molecule has 106 valence electrons. The summed E-state index contributed by atoms with van der Waals surface area (Å²) in [6, 6.07) is 11.4. The van der Waals surface area contributed by atoms with Gasteiger partial charge in [0.15, 0.2) is 0 Å². The minimum Gasteiger partial charge on any atom is -0.351 e. The molecule has 5 heteroatoms. The number of nitrogens with one attached hydrogen (secondary N) is 1. The third-order valence-electron chi connectivity index (χ3n) is 3.27. The molecule has 0 aliphatic carbocycles. The topological polar surface area (TPSA) is 59.8 Å². The van der Waals surface area contributed by atoms with Crippen molar-refractivity contribution in [2.24, 2.45) is 0 Å². The number of aryl methyl sites for hydroxylation is 1. The second-order valence-corrected chi connectivity index (χ2v) is 4.80. The molecule has 0 bridgehead atoms. The fourth-order valence-electron chi connectivity index (χ4n) is 2.17. The van der Waals surface area contributed by atoms with Gasteiger partial charge in [0.25, 0.3) is 5.91 Å². The molecule has 0 radical (unpaired) electrons. The van der Waals surface area contributed by atoms with E-state index in [2.05, 4.69) is 15.3 Å². The molecule has 0 atom stereocenters. The summed E-state index contributed by atoms with van der Waals surface area (Å²) in [6.07, 6.45) is 6.28. The van der Waals surface area contributed by atoms with E-state index in [0.717, 1.165) is 23.9 Å². The minimum absolute atomic E-state index is 0.133. The number of rotatable bonds is 5. The lowest BCUT2D eigenvalue weighted by Gasteiger charge is -2.06. The molecule has 0 saturated heterocycles. The molecule has 1 amide bonds. The van der Waals surface area contributed by atoms with Crippen LogP contribution in [0.2, 0.25) is 0 Å². The highest BCUT2D eigenvalue weighted by Gasteiger charge is 2.07. The number of pyridine rings is 1. The summed E-state index contributed by atoms with van der Waals surface area (Å²) in [5.41, 5.74) is 1.29. The van der Waals surface area contributed by atoms with Gasteiger partial charge in [-0.15, -0.1) is 0 Å². The molecule has 0 aliphatic rings. The predicted molar refractivity (Wildman–Crippen MR) is 80.9 cm³/mol. The molecule has 21 heavy (non-hydrogen) atoms.